The Balaban J connectivity index is 1.70. The summed E-state index contributed by atoms with van der Waals surface area (Å²) in [4.78, 5) is 37.4. The third-order valence-corrected chi connectivity index (χ3v) is 6.38. The molecule has 1 fully saturated rings. The van der Waals surface area contributed by atoms with Crippen molar-refractivity contribution in [2.45, 2.75) is 57.5 Å². The smallest absolute Gasteiger partial charge is 0.275 e. The van der Waals surface area contributed by atoms with E-state index >= 15 is 0 Å². The lowest BCUT2D eigenvalue weighted by molar-refractivity contribution is -0.126. The first-order valence-electron chi connectivity index (χ1n) is 11.9. The first-order valence-corrected chi connectivity index (χ1v) is 11.9. The molecule has 1 aliphatic rings. The predicted octanol–water partition coefficient (Wildman–Crippen LogP) is 3.39. The van der Waals surface area contributed by atoms with E-state index in [9.17, 15) is 9.59 Å². The van der Waals surface area contributed by atoms with Gasteiger partial charge in [0.25, 0.3) is 5.91 Å². The zero-order valence-electron chi connectivity index (χ0n) is 19.9. The van der Waals surface area contributed by atoms with E-state index in [1.807, 2.05) is 50.5 Å². The van der Waals surface area contributed by atoms with Crippen LogP contribution in [0.25, 0.3) is 0 Å². The van der Waals surface area contributed by atoms with E-state index in [0.717, 1.165) is 42.5 Å². The third kappa shape index (κ3) is 5.68. The number of nitrogens with zero attached hydrogens (tertiary/aromatic N) is 5. The molecule has 2 heterocycles. The van der Waals surface area contributed by atoms with Gasteiger partial charge in [-0.05, 0) is 31.7 Å². The summed E-state index contributed by atoms with van der Waals surface area (Å²) in [6.45, 7) is 2.23. The van der Waals surface area contributed by atoms with Gasteiger partial charge < -0.3 is 10.2 Å². The number of aryl methyl sites for hydroxylation is 2. The summed E-state index contributed by atoms with van der Waals surface area (Å²) in [5, 5.41) is 7.70. The van der Waals surface area contributed by atoms with E-state index in [1.54, 1.807) is 9.58 Å². The normalized spacial score (nSPS) is 15.0. The fraction of sp³-hybridized carbons (Fsp3) is 0.423. The van der Waals surface area contributed by atoms with Crippen molar-refractivity contribution < 1.29 is 9.59 Å². The minimum atomic E-state index is -0.811. The van der Waals surface area contributed by atoms with Gasteiger partial charge in [0.2, 0.25) is 5.91 Å². The Bertz CT molecular complexity index is 1090. The van der Waals surface area contributed by atoms with Crippen molar-refractivity contribution in [2.24, 2.45) is 7.05 Å². The van der Waals surface area contributed by atoms with E-state index in [4.69, 9.17) is 0 Å². The molecule has 1 saturated carbocycles. The highest BCUT2D eigenvalue weighted by atomic mass is 16.2. The Labute approximate surface area is 200 Å². The molecule has 178 valence electrons. The van der Waals surface area contributed by atoms with Gasteiger partial charge in [0, 0.05) is 43.8 Å². The number of carbonyl (C=O) groups is 2. The molecule has 0 spiro atoms. The summed E-state index contributed by atoms with van der Waals surface area (Å²) in [5.41, 5.74) is 2.76. The van der Waals surface area contributed by atoms with Gasteiger partial charge in [-0.3, -0.25) is 19.3 Å². The van der Waals surface area contributed by atoms with Crippen molar-refractivity contribution in [1.82, 2.24) is 30.0 Å². The molecule has 4 rings (SSSR count). The van der Waals surface area contributed by atoms with E-state index < -0.39 is 6.04 Å². The Morgan fingerprint density at radius 2 is 1.91 bits per heavy atom. The van der Waals surface area contributed by atoms with Crippen molar-refractivity contribution in [3.63, 3.8) is 0 Å². The standard InChI is InChI=1S/C26H32N6O2/c1-19-22(18-31(2)30-19)24(25(33)29-21-11-7-4-8-12-21)32(16-13-20-9-5-3-6-10-20)26(34)23-17-27-14-15-28-23/h3,5-6,9-10,14-15,17-18,21,24H,4,7-8,11-13,16H2,1-2H3,(H,29,33)/t24-/m1/s1. The first kappa shape index (κ1) is 23.6. The minimum Gasteiger partial charge on any atom is -0.351 e. The lowest BCUT2D eigenvalue weighted by Crippen LogP contribution is -2.48. The van der Waals surface area contributed by atoms with Gasteiger partial charge in [-0.2, -0.15) is 5.10 Å². The molecule has 1 atom stereocenters. The summed E-state index contributed by atoms with van der Waals surface area (Å²) in [6.07, 6.45) is 12.3. The summed E-state index contributed by atoms with van der Waals surface area (Å²) in [7, 11) is 1.82. The van der Waals surface area contributed by atoms with Crippen molar-refractivity contribution in [3.05, 3.63) is 77.6 Å². The van der Waals surface area contributed by atoms with Gasteiger partial charge in [0.05, 0.1) is 11.9 Å². The lowest BCUT2D eigenvalue weighted by Gasteiger charge is -2.33. The molecule has 8 heteroatoms. The number of benzene rings is 1. The van der Waals surface area contributed by atoms with Crippen molar-refractivity contribution >= 4 is 11.8 Å². The van der Waals surface area contributed by atoms with Crippen LogP contribution in [0.1, 0.15) is 65.5 Å². The van der Waals surface area contributed by atoms with Crippen molar-refractivity contribution in [3.8, 4) is 0 Å². The van der Waals surface area contributed by atoms with Gasteiger partial charge in [0.15, 0.2) is 0 Å². The summed E-state index contributed by atoms with van der Waals surface area (Å²) in [5.74, 6) is -0.496. The SMILES string of the molecule is Cc1nn(C)cc1[C@H](C(=O)NC1CCCCC1)N(CCc1ccccc1)C(=O)c1cnccn1. The number of hydrogen-bond acceptors (Lipinski definition) is 5. The third-order valence-electron chi connectivity index (χ3n) is 6.38. The topological polar surface area (TPSA) is 93.0 Å². The summed E-state index contributed by atoms with van der Waals surface area (Å²) < 4.78 is 1.69. The Morgan fingerprint density at radius 3 is 2.56 bits per heavy atom. The van der Waals surface area contributed by atoms with Crippen LogP contribution in [0.2, 0.25) is 0 Å². The van der Waals surface area contributed by atoms with Gasteiger partial charge in [0.1, 0.15) is 11.7 Å². The van der Waals surface area contributed by atoms with E-state index in [2.05, 4.69) is 20.4 Å². The molecule has 0 radical (unpaired) electrons. The molecule has 1 aromatic carbocycles. The maximum atomic E-state index is 13.8. The zero-order chi connectivity index (χ0) is 23.9. The van der Waals surface area contributed by atoms with E-state index in [-0.39, 0.29) is 23.6 Å². The van der Waals surface area contributed by atoms with E-state index in [1.165, 1.54) is 25.0 Å². The summed E-state index contributed by atoms with van der Waals surface area (Å²) in [6, 6.07) is 9.28. The Kier molecular flexibility index (Phi) is 7.67. The van der Waals surface area contributed by atoms with Gasteiger partial charge in [-0.15, -0.1) is 0 Å². The van der Waals surface area contributed by atoms with Crippen LogP contribution >= 0.6 is 0 Å². The maximum absolute atomic E-state index is 13.8. The highest BCUT2D eigenvalue weighted by molar-refractivity contribution is 5.96. The second kappa shape index (κ2) is 11.0. The lowest BCUT2D eigenvalue weighted by atomic mass is 9.94. The molecule has 0 saturated heterocycles. The monoisotopic (exact) mass is 460 g/mol. The molecule has 3 aromatic rings. The number of carbonyl (C=O) groups excluding carboxylic acids is 2. The van der Waals surface area contributed by atoms with Gasteiger partial charge in [-0.25, -0.2) is 4.98 Å². The van der Waals surface area contributed by atoms with Gasteiger partial charge >= 0.3 is 0 Å². The largest absolute Gasteiger partial charge is 0.351 e. The van der Waals surface area contributed by atoms with E-state index in [0.29, 0.717) is 13.0 Å². The number of hydrogen-bond donors (Lipinski definition) is 1. The number of aromatic nitrogens is 4. The van der Waals surface area contributed by atoms with Gasteiger partial charge in [-0.1, -0.05) is 49.6 Å². The van der Waals surface area contributed by atoms with Crippen LogP contribution in [-0.2, 0) is 18.3 Å². The highest BCUT2D eigenvalue weighted by Gasteiger charge is 2.35. The molecule has 1 aliphatic carbocycles. The van der Waals surface area contributed by atoms with Crippen LogP contribution in [0.3, 0.4) is 0 Å². The number of nitrogens with one attached hydrogen (secondary N) is 1. The Morgan fingerprint density at radius 1 is 1.15 bits per heavy atom. The van der Waals surface area contributed by atoms with Crippen molar-refractivity contribution in [1.29, 1.82) is 0 Å². The molecule has 0 bridgehead atoms. The van der Waals surface area contributed by atoms with Crippen LogP contribution in [0.4, 0.5) is 0 Å². The molecule has 0 aliphatic heterocycles. The van der Waals surface area contributed by atoms with Crippen LogP contribution in [-0.4, -0.2) is 49.0 Å². The molecule has 1 N–H and O–H groups in total. The average molecular weight is 461 g/mol. The molecular formula is C26H32N6O2. The van der Waals surface area contributed by atoms with Crippen LogP contribution in [0.5, 0.6) is 0 Å². The number of rotatable bonds is 8. The highest BCUT2D eigenvalue weighted by Crippen LogP contribution is 2.27. The molecular weight excluding hydrogens is 428 g/mol. The second-order valence-electron chi connectivity index (χ2n) is 8.91. The quantitative estimate of drug-likeness (QED) is 0.556. The molecule has 2 amide bonds. The van der Waals surface area contributed by atoms with Crippen LogP contribution in [0, 0.1) is 6.92 Å². The molecule has 34 heavy (non-hydrogen) atoms. The average Bonchev–Trinajstić information content (AvgIpc) is 3.20. The Hall–Kier alpha value is -3.55. The molecule has 8 nitrogen and oxygen atoms in total. The molecule has 2 aromatic heterocycles. The fourth-order valence-electron chi connectivity index (χ4n) is 4.66. The minimum absolute atomic E-state index is 0.128. The summed E-state index contributed by atoms with van der Waals surface area (Å²) >= 11 is 0. The molecule has 0 unspecified atom stereocenters. The fourth-order valence-corrected chi connectivity index (χ4v) is 4.66. The van der Waals surface area contributed by atoms with Crippen molar-refractivity contribution in [2.75, 3.05) is 6.54 Å². The zero-order valence-corrected chi connectivity index (χ0v) is 19.9. The first-order chi connectivity index (χ1) is 16.5. The maximum Gasteiger partial charge on any atom is 0.275 e. The predicted molar refractivity (Wildman–Crippen MR) is 129 cm³/mol. The van der Waals surface area contributed by atoms with Crippen LogP contribution in [0.15, 0.2) is 55.1 Å². The second-order valence-corrected chi connectivity index (χ2v) is 8.91. The van der Waals surface area contributed by atoms with Crippen LogP contribution < -0.4 is 5.32 Å². The number of amides is 2.